The van der Waals surface area contributed by atoms with E-state index in [0.29, 0.717) is 17.4 Å². The highest BCUT2D eigenvalue weighted by Gasteiger charge is 2.13. The van der Waals surface area contributed by atoms with Crippen LogP contribution in [0.5, 0.6) is 5.75 Å². The van der Waals surface area contributed by atoms with Gasteiger partial charge < -0.3 is 19.7 Å². The lowest BCUT2D eigenvalue weighted by Gasteiger charge is -2.12. The predicted octanol–water partition coefficient (Wildman–Crippen LogP) is 3.78. The van der Waals surface area contributed by atoms with Crippen LogP contribution in [0.1, 0.15) is 22.4 Å². The first kappa shape index (κ1) is 21.0. The first-order valence-corrected chi connectivity index (χ1v) is 10.3. The van der Waals surface area contributed by atoms with Gasteiger partial charge in [0, 0.05) is 12.2 Å². The van der Waals surface area contributed by atoms with Crippen LogP contribution in [0.15, 0.2) is 53.8 Å². The number of aromatic nitrogens is 2. The lowest BCUT2D eigenvalue weighted by Crippen LogP contribution is -2.15. The number of imidazole rings is 1. The van der Waals surface area contributed by atoms with Crippen molar-refractivity contribution in [2.24, 2.45) is 0 Å². The summed E-state index contributed by atoms with van der Waals surface area (Å²) in [4.78, 5) is 16.8. The summed E-state index contributed by atoms with van der Waals surface area (Å²) in [6.07, 6.45) is 1.65. The Labute approximate surface area is 174 Å². The molecule has 2 aromatic carbocycles. The molecule has 0 bridgehead atoms. The largest absolute Gasteiger partial charge is 0.497 e. The molecule has 0 saturated heterocycles. The normalized spacial score (nSPS) is 10.8. The van der Waals surface area contributed by atoms with E-state index >= 15 is 0 Å². The van der Waals surface area contributed by atoms with Gasteiger partial charge in [-0.05, 0) is 54.8 Å². The summed E-state index contributed by atoms with van der Waals surface area (Å²) in [6.45, 7) is 4.45. The average Bonchev–Trinajstić information content (AvgIpc) is 3.07. The molecule has 3 rings (SSSR count). The average molecular weight is 412 g/mol. The van der Waals surface area contributed by atoms with Gasteiger partial charge in [-0.2, -0.15) is 0 Å². The molecule has 0 atom stereocenters. The molecule has 0 aliphatic carbocycles. The fourth-order valence-corrected chi connectivity index (χ4v) is 3.89. The molecule has 1 amide bonds. The quantitative estimate of drug-likeness (QED) is 0.552. The molecule has 0 radical (unpaired) electrons. The Hall–Kier alpha value is -2.77. The monoisotopic (exact) mass is 411 g/mol. The van der Waals surface area contributed by atoms with Gasteiger partial charge in [-0.25, -0.2) is 4.98 Å². The summed E-state index contributed by atoms with van der Waals surface area (Å²) >= 11 is 1.35. The number of hydrogen-bond acceptors (Lipinski definition) is 5. The number of nitrogens with zero attached hydrogens (tertiary/aromatic N) is 2. The van der Waals surface area contributed by atoms with Crippen molar-refractivity contribution >= 4 is 23.4 Å². The Morgan fingerprint density at radius 3 is 2.48 bits per heavy atom. The van der Waals surface area contributed by atoms with Crippen molar-refractivity contribution in [1.29, 1.82) is 0 Å². The molecular formula is C22H25N3O3S. The fourth-order valence-electron chi connectivity index (χ4n) is 3.09. The van der Waals surface area contributed by atoms with Crippen molar-refractivity contribution in [3.63, 3.8) is 0 Å². The maximum atomic E-state index is 12.4. The molecule has 1 heterocycles. The molecule has 152 valence electrons. The van der Waals surface area contributed by atoms with Gasteiger partial charge in [-0.15, -0.1) is 0 Å². The Bertz CT molecular complexity index is 963. The molecule has 0 unspecified atom stereocenters. The van der Waals surface area contributed by atoms with Crippen LogP contribution in [-0.2, 0) is 17.9 Å². The number of rotatable bonds is 8. The van der Waals surface area contributed by atoms with E-state index in [-0.39, 0.29) is 18.3 Å². The zero-order valence-corrected chi connectivity index (χ0v) is 17.6. The molecule has 3 aromatic rings. The summed E-state index contributed by atoms with van der Waals surface area (Å²) in [6, 6.07) is 13.7. The Morgan fingerprint density at radius 2 is 1.86 bits per heavy atom. The number of aryl methyl sites for hydroxylation is 2. The number of nitrogens with one attached hydrogen (secondary N) is 1. The van der Waals surface area contributed by atoms with Crippen molar-refractivity contribution in [2.45, 2.75) is 32.2 Å². The second kappa shape index (κ2) is 9.62. The maximum absolute atomic E-state index is 12.4. The van der Waals surface area contributed by atoms with E-state index < -0.39 is 0 Å². The predicted molar refractivity (Wildman–Crippen MR) is 116 cm³/mol. The van der Waals surface area contributed by atoms with Crippen LogP contribution in [-0.4, -0.2) is 33.4 Å². The number of aliphatic hydroxyl groups is 1. The van der Waals surface area contributed by atoms with Gasteiger partial charge in [0.15, 0.2) is 5.16 Å². The molecular weight excluding hydrogens is 386 g/mol. The zero-order valence-electron chi connectivity index (χ0n) is 16.8. The van der Waals surface area contributed by atoms with Crippen LogP contribution in [0.2, 0.25) is 0 Å². The van der Waals surface area contributed by atoms with E-state index in [4.69, 9.17) is 4.74 Å². The van der Waals surface area contributed by atoms with Gasteiger partial charge in [0.05, 0.1) is 31.4 Å². The van der Waals surface area contributed by atoms with Crippen molar-refractivity contribution in [3.8, 4) is 5.75 Å². The van der Waals surface area contributed by atoms with E-state index in [1.165, 1.54) is 11.8 Å². The molecule has 0 saturated carbocycles. The van der Waals surface area contributed by atoms with Gasteiger partial charge in [-0.1, -0.05) is 30.0 Å². The minimum atomic E-state index is -0.113. The van der Waals surface area contributed by atoms with Crippen LogP contribution >= 0.6 is 11.8 Å². The van der Waals surface area contributed by atoms with Crippen molar-refractivity contribution in [2.75, 3.05) is 18.2 Å². The number of carbonyl (C=O) groups excluding carboxylic acids is 1. The SMILES string of the molecule is COc1ccc(Cn2c(CO)cnc2SCC(=O)Nc2cc(C)cc(C)c2)cc1. The zero-order chi connectivity index (χ0) is 20.8. The van der Waals surface area contributed by atoms with Crippen LogP contribution in [0, 0.1) is 13.8 Å². The Balaban J connectivity index is 1.67. The molecule has 6 nitrogen and oxygen atoms in total. The number of thioether (sulfide) groups is 1. The van der Waals surface area contributed by atoms with Crippen LogP contribution in [0.25, 0.3) is 0 Å². The number of anilines is 1. The highest BCUT2D eigenvalue weighted by Crippen LogP contribution is 2.22. The van der Waals surface area contributed by atoms with Crippen LogP contribution in [0.3, 0.4) is 0 Å². The van der Waals surface area contributed by atoms with Gasteiger partial charge in [0.25, 0.3) is 0 Å². The molecule has 0 spiro atoms. The second-order valence-electron chi connectivity index (χ2n) is 6.84. The molecule has 1 aromatic heterocycles. The Morgan fingerprint density at radius 1 is 1.17 bits per heavy atom. The molecule has 0 fully saturated rings. The minimum absolute atomic E-state index is 0.0930. The van der Waals surface area contributed by atoms with Crippen molar-refractivity contribution in [3.05, 3.63) is 71.0 Å². The third-order valence-electron chi connectivity index (χ3n) is 4.40. The first-order chi connectivity index (χ1) is 14.0. The number of benzene rings is 2. The minimum Gasteiger partial charge on any atom is -0.497 e. The van der Waals surface area contributed by atoms with Crippen LogP contribution in [0.4, 0.5) is 5.69 Å². The van der Waals surface area contributed by atoms with E-state index in [2.05, 4.69) is 16.4 Å². The van der Waals surface area contributed by atoms with Crippen molar-refractivity contribution in [1.82, 2.24) is 9.55 Å². The molecule has 7 heteroatoms. The number of methoxy groups -OCH3 is 1. The van der Waals surface area contributed by atoms with E-state index in [9.17, 15) is 9.90 Å². The van der Waals surface area contributed by atoms with E-state index in [1.54, 1.807) is 13.3 Å². The second-order valence-corrected chi connectivity index (χ2v) is 7.78. The highest BCUT2D eigenvalue weighted by molar-refractivity contribution is 7.99. The van der Waals surface area contributed by atoms with Gasteiger partial charge in [0.1, 0.15) is 5.75 Å². The third kappa shape index (κ3) is 5.62. The molecule has 0 aliphatic rings. The number of amides is 1. The molecule has 2 N–H and O–H groups in total. The number of carbonyl (C=O) groups is 1. The standard InChI is InChI=1S/C22H25N3O3S/c1-15-8-16(2)10-18(9-15)24-21(27)14-29-22-23-11-19(13-26)25(22)12-17-4-6-20(28-3)7-5-17/h4-11,26H,12-14H2,1-3H3,(H,24,27). The topological polar surface area (TPSA) is 76.4 Å². The summed E-state index contributed by atoms with van der Waals surface area (Å²) < 4.78 is 7.12. The number of aliphatic hydroxyl groups excluding tert-OH is 1. The van der Waals surface area contributed by atoms with Crippen LogP contribution < -0.4 is 10.1 Å². The summed E-state index contributed by atoms with van der Waals surface area (Å²) in [5, 5.41) is 13.3. The van der Waals surface area contributed by atoms with Crippen molar-refractivity contribution < 1.29 is 14.6 Å². The third-order valence-corrected chi connectivity index (χ3v) is 5.39. The van der Waals surface area contributed by atoms with E-state index in [1.807, 2.05) is 54.8 Å². The summed E-state index contributed by atoms with van der Waals surface area (Å²) in [7, 11) is 1.63. The summed E-state index contributed by atoms with van der Waals surface area (Å²) in [5.74, 6) is 0.932. The van der Waals surface area contributed by atoms with E-state index in [0.717, 1.165) is 28.1 Å². The van der Waals surface area contributed by atoms with Gasteiger partial charge in [0.2, 0.25) is 5.91 Å². The molecule has 0 aliphatic heterocycles. The summed E-state index contributed by atoms with van der Waals surface area (Å²) in [5.41, 5.74) is 4.77. The number of ether oxygens (including phenoxy) is 1. The first-order valence-electron chi connectivity index (χ1n) is 9.27. The lowest BCUT2D eigenvalue weighted by molar-refractivity contribution is -0.113. The maximum Gasteiger partial charge on any atom is 0.234 e. The van der Waals surface area contributed by atoms with Gasteiger partial charge >= 0.3 is 0 Å². The number of hydrogen-bond donors (Lipinski definition) is 2. The fraction of sp³-hybridized carbons (Fsp3) is 0.273. The van der Waals surface area contributed by atoms with Gasteiger partial charge in [-0.3, -0.25) is 4.79 Å². The smallest absolute Gasteiger partial charge is 0.234 e. The molecule has 29 heavy (non-hydrogen) atoms. The lowest BCUT2D eigenvalue weighted by atomic mass is 10.1. The Kier molecular flexibility index (Phi) is 6.95. The highest BCUT2D eigenvalue weighted by atomic mass is 32.2.